The Hall–Kier alpha value is -3.64. The van der Waals surface area contributed by atoms with Gasteiger partial charge in [-0.1, -0.05) is 54.1 Å². The van der Waals surface area contributed by atoms with Crippen molar-refractivity contribution in [1.29, 1.82) is 0 Å². The lowest BCUT2D eigenvalue weighted by Crippen LogP contribution is -2.24. The molecule has 0 radical (unpaired) electrons. The predicted octanol–water partition coefficient (Wildman–Crippen LogP) is 4.40. The summed E-state index contributed by atoms with van der Waals surface area (Å²) >= 11 is 5.80. The minimum Gasteiger partial charge on any atom is -0.488 e. The van der Waals surface area contributed by atoms with Gasteiger partial charge < -0.3 is 10.1 Å². The average molecular weight is 422 g/mol. The van der Waals surface area contributed by atoms with Crippen molar-refractivity contribution in [3.8, 4) is 5.75 Å². The first-order valence-electron chi connectivity index (χ1n) is 9.23. The number of para-hydroxylation sites is 1. The molecule has 0 saturated heterocycles. The number of carbonyl (C=O) groups is 2. The number of hydrogen-bond donors (Lipinski definition) is 2. The summed E-state index contributed by atoms with van der Waals surface area (Å²) in [6, 6.07) is 23.8. The largest absolute Gasteiger partial charge is 0.488 e. The molecule has 0 spiro atoms. The Labute approximate surface area is 179 Å². The van der Waals surface area contributed by atoms with Crippen LogP contribution >= 0.6 is 11.6 Å². The fourth-order valence-corrected chi connectivity index (χ4v) is 2.68. The van der Waals surface area contributed by atoms with E-state index in [0.29, 0.717) is 28.6 Å². The van der Waals surface area contributed by atoms with Crippen LogP contribution in [0.25, 0.3) is 0 Å². The number of anilines is 1. The molecular weight excluding hydrogens is 402 g/mol. The monoisotopic (exact) mass is 421 g/mol. The second kappa shape index (κ2) is 10.8. The van der Waals surface area contributed by atoms with Crippen molar-refractivity contribution in [2.24, 2.45) is 5.10 Å². The molecule has 0 fully saturated rings. The van der Waals surface area contributed by atoms with Crippen LogP contribution in [0.4, 0.5) is 5.69 Å². The summed E-state index contributed by atoms with van der Waals surface area (Å²) < 4.78 is 5.84. The number of halogens is 1. The molecule has 0 aliphatic heterocycles. The zero-order valence-corrected chi connectivity index (χ0v) is 16.8. The Morgan fingerprint density at radius 3 is 2.37 bits per heavy atom. The molecule has 0 aliphatic carbocycles. The number of hydrogen-bond acceptors (Lipinski definition) is 4. The van der Waals surface area contributed by atoms with Crippen LogP contribution in [0.3, 0.4) is 0 Å². The maximum atomic E-state index is 11.9. The Morgan fingerprint density at radius 2 is 1.60 bits per heavy atom. The SMILES string of the molecule is O=C(CC(=O)Nc1ccc(Cl)cc1)NN=Cc1ccccc1OCc1ccccc1. The molecule has 0 bridgehead atoms. The average Bonchev–Trinajstić information content (AvgIpc) is 2.75. The van der Waals surface area contributed by atoms with Gasteiger partial charge in [0.2, 0.25) is 11.8 Å². The van der Waals surface area contributed by atoms with E-state index in [1.807, 2.05) is 54.6 Å². The van der Waals surface area contributed by atoms with Crippen molar-refractivity contribution in [2.75, 3.05) is 5.32 Å². The van der Waals surface area contributed by atoms with Crippen LogP contribution in [0.5, 0.6) is 5.75 Å². The van der Waals surface area contributed by atoms with Gasteiger partial charge in [0.05, 0.1) is 6.21 Å². The summed E-state index contributed by atoms with van der Waals surface area (Å²) in [5.74, 6) is -0.336. The van der Waals surface area contributed by atoms with Crippen LogP contribution in [-0.4, -0.2) is 18.0 Å². The third-order valence-electron chi connectivity index (χ3n) is 4.00. The van der Waals surface area contributed by atoms with Crippen molar-refractivity contribution in [3.05, 3.63) is 95.0 Å². The molecule has 152 valence electrons. The summed E-state index contributed by atoms with van der Waals surface area (Å²) in [5, 5.41) is 7.11. The van der Waals surface area contributed by atoms with E-state index in [4.69, 9.17) is 16.3 Å². The molecule has 0 aliphatic rings. The molecule has 0 saturated carbocycles. The smallest absolute Gasteiger partial charge is 0.249 e. The zero-order chi connectivity index (χ0) is 21.2. The molecule has 7 heteroatoms. The third kappa shape index (κ3) is 6.76. The van der Waals surface area contributed by atoms with E-state index in [-0.39, 0.29) is 6.42 Å². The van der Waals surface area contributed by atoms with Crippen molar-refractivity contribution in [3.63, 3.8) is 0 Å². The van der Waals surface area contributed by atoms with E-state index in [1.54, 1.807) is 24.3 Å². The molecule has 6 nitrogen and oxygen atoms in total. The minimum atomic E-state index is -0.527. The molecule has 3 rings (SSSR count). The van der Waals surface area contributed by atoms with Gasteiger partial charge in [0.15, 0.2) is 0 Å². The normalized spacial score (nSPS) is 10.6. The number of amides is 2. The first kappa shape index (κ1) is 21.1. The van der Waals surface area contributed by atoms with E-state index in [0.717, 1.165) is 5.56 Å². The van der Waals surface area contributed by atoms with Crippen LogP contribution in [0, 0.1) is 0 Å². The van der Waals surface area contributed by atoms with Gasteiger partial charge in [-0.25, -0.2) is 5.43 Å². The van der Waals surface area contributed by atoms with Crippen LogP contribution in [-0.2, 0) is 16.2 Å². The van der Waals surface area contributed by atoms with Gasteiger partial charge >= 0.3 is 0 Å². The lowest BCUT2D eigenvalue weighted by molar-refractivity contribution is -0.126. The Morgan fingerprint density at radius 1 is 0.900 bits per heavy atom. The highest BCUT2D eigenvalue weighted by atomic mass is 35.5. The molecular formula is C23H20ClN3O3. The quantitative estimate of drug-likeness (QED) is 0.321. The summed E-state index contributed by atoms with van der Waals surface area (Å²) in [5.41, 5.74) is 4.66. The van der Waals surface area contributed by atoms with E-state index < -0.39 is 11.8 Å². The van der Waals surface area contributed by atoms with Crippen LogP contribution < -0.4 is 15.5 Å². The van der Waals surface area contributed by atoms with Gasteiger partial charge in [0.25, 0.3) is 0 Å². The van der Waals surface area contributed by atoms with E-state index in [9.17, 15) is 9.59 Å². The number of carbonyl (C=O) groups excluding carboxylic acids is 2. The molecule has 2 N–H and O–H groups in total. The maximum Gasteiger partial charge on any atom is 0.249 e. The van der Waals surface area contributed by atoms with Crippen molar-refractivity contribution in [1.82, 2.24) is 5.43 Å². The van der Waals surface area contributed by atoms with Gasteiger partial charge in [-0.15, -0.1) is 0 Å². The number of rotatable bonds is 8. The predicted molar refractivity (Wildman–Crippen MR) is 118 cm³/mol. The van der Waals surface area contributed by atoms with Gasteiger partial charge in [-0.05, 0) is 42.0 Å². The Bertz CT molecular complexity index is 1020. The number of nitrogens with one attached hydrogen (secondary N) is 2. The molecule has 3 aromatic rings. The number of benzene rings is 3. The zero-order valence-electron chi connectivity index (χ0n) is 16.0. The van der Waals surface area contributed by atoms with Crippen LogP contribution in [0.2, 0.25) is 5.02 Å². The number of nitrogens with zero attached hydrogens (tertiary/aromatic N) is 1. The second-order valence-electron chi connectivity index (χ2n) is 6.34. The highest BCUT2D eigenvalue weighted by Gasteiger charge is 2.09. The van der Waals surface area contributed by atoms with Crippen molar-refractivity contribution in [2.45, 2.75) is 13.0 Å². The van der Waals surface area contributed by atoms with Gasteiger partial charge in [-0.2, -0.15) is 5.10 Å². The van der Waals surface area contributed by atoms with Crippen molar-refractivity contribution < 1.29 is 14.3 Å². The summed E-state index contributed by atoms with van der Waals surface area (Å²) in [6.07, 6.45) is 1.13. The molecule has 0 unspecified atom stereocenters. The fraction of sp³-hybridized carbons (Fsp3) is 0.0870. The van der Waals surface area contributed by atoms with Crippen LogP contribution in [0.1, 0.15) is 17.5 Å². The van der Waals surface area contributed by atoms with Gasteiger partial charge in [0.1, 0.15) is 18.8 Å². The van der Waals surface area contributed by atoms with Crippen LogP contribution in [0.15, 0.2) is 84.0 Å². The standard InChI is InChI=1S/C23H20ClN3O3/c24-19-10-12-20(13-11-19)26-22(28)14-23(29)27-25-15-18-8-4-5-9-21(18)30-16-17-6-2-1-3-7-17/h1-13,15H,14,16H2,(H,26,28)(H,27,29). The lowest BCUT2D eigenvalue weighted by atomic mass is 10.2. The molecule has 2 amide bonds. The Kier molecular flexibility index (Phi) is 7.58. The van der Waals surface area contributed by atoms with E-state index in [2.05, 4.69) is 15.8 Å². The molecule has 3 aromatic carbocycles. The molecule has 0 atom stereocenters. The first-order chi connectivity index (χ1) is 14.6. The van der Waals surface area contributed by atoms with E-state index in [1.165, 1.54) is 6.21 Å². The maximum absolute atomic E-state index is 11.9. The summed E-state index contributed by atoms with van der Waals surface area (Å²) in [4.78, 5) is 23.9. The second-order valence-corrected chi connectivity index (χ2v) is 6.77. The van der Waals surface area contributed by atoms with E-state index >= 15 is 0 Å². The Balaban J connectivity index is 1.50. The molecule has 0 aromatic heterocycles. The minimum absolute atomic E-state index is 0.355. The highest BCUT2D eigenvalue weighted by molar-refractivity contribution is 6.30. The first-order valence-corrected chi connectivity index (χ1v) is 9.61. The van der Waals surface area contributed by atoms with Crippen molar-refractivity contribution >= 4 is 35.3 Å². The van der Waals surface area contributed by atoms with Gasteiger partial charge in [0, 0.05) is 16.3 Å². The van der Waals surface area contributed by atoms with Gasteiger partial charge in [-0.3, -0.25) is 9.59 Å². The summed E-state index contributed by atoms with van der Waals surface area (Å²) in [6.45, 7) is 0.420. The number of hydrazone groups is 1. The fourth-order valence-electron chi connectivity index (χ4n) is 2.55. The topological polar surface area (TPSA) is 79.8 Å². The molecule has 0 heterocycles. The molecule has 30 heavy (non-hydrogen) atoms. The highest BCUT2D eigenvalue weighted by Crippen LogP contribution is 2.17. The third-order valence-corrected chi connectivity index (χ3v) is 4.25. The summed E-state index contributed by atoms with van der Waals surface area (Å²) in [7, 11) is 0. The lowest BCUT2D eigenvalue weighted by Gasteiger charge is -2.09. The number of ether oxygens (including phenoxy) is 1.